The molecule has 0 aliphatic rings. The second-order valence-corrected chi connectivity index (χ2v) is 9.11. The molecule has 0 N–H and O–H groups in total. The lowest BCUT2D eigenvalue weighted by Crippen LogP contribution is -2.08. The van der Waals surface area contributed by atoms with Crippen molar-refractivity contribution in [2.45, 2.75) is 57.3 Å². The summed E-state index contributed by atoms with van der Waals surface area (Å²) < 4.78 is 29.2. The highest BCUT2D eigenvalue weighted by Gasteiger charge is 2.17. The first-order valence-corrected chi connectivity index (χ1v) is 12.7. The summed E-state index contributed by atoms with van der Waals surface area (Å²) in [5, 5.41) is 0.549. The van der Waals surface area contributed by atoms with Gasteiger partial charge < -0.3 is 13.9 Å². The minimum Gasteiger partial charge on any atom is -0.490 e. The average molecular weight is 459 g/mol. The van der Waals surface area contributed by atoms with E-state index in [1.807, 2.05) is 0 Å². The van der Waals surface area contributed by atoms with Crippen LogP contribution in [-0.4, -0.2) is 29.6 Å². The van der Waals surface area contributed by atoms with E-state index in [0.717, 1.165) is 12.8 Å². The van der Waals surface area contributed by atoms with Crippen molar-refractivity contribution in [2.75, 3.05) is 19.5 Å². The van der Waals surface area contributed by atoms with E-state index >= 15 is 0 Å². The highest BCUT2D eigenvalue weighted by atomic mass is 32.2. The summed E-state index contributed by atoms with van der Waals surface area (Å²) in [6.45, 7) is 4.65. The largest absolute Gasteiger partial charge is 0.490 e. The molecular formula is C25H30O6S. The Morgan fingerprint density at radius 2 is 1.75 bits per heavy atom. The summed E-state index contributed by atoms with van der Waals surface area (Å²) in [5.74, 6) is -0.0880. The third kappa shape index (κ3) is 5.57. The minimum atomic E-state index is -1.30. The number of carbonyl (C=O) groups is 1. The molecule has 3 rings (SSSR count). The maximum atomic E-state index is 13.3. The van der Waals surface area contributed by atoms with Crippen molar-refractivity contribution in [2.24, 2.45) is 0 Å². The molecule has 0 spiro atoms. The number of ether oxygens (including phenoxy) is 2. The van der Waals surface area contributed by atoms with Crippen LogP contribution in [0.15, 0.2) is 44.4 Å². The van der Waals surface area contributed by atoms with Crippen LogP contribution < -0.4 is 10.2 Å². The number of unbranched alkanes of at least 4 members (excludes halogenated alkanes) is 5. The van der Waals surface area contributed by atoms with E-state index in [2.05, 4.69) is 6.92 Å². The summed E-state index contributed by atoms with van der Waals surface area (Å²) >= 11 is 0. The molecule has 1 heterocycles. The van der Waals surface area contributed by atoms with Crippen LogP contribution in [0, 0.1) is 0 Å². The van der Waals surface area contributed by atoms with Crippen molar-refractivity contribution in [3.05, 3.63) is 46.1 Å². The van der Waals surface area contributed by atoms with Gasteiger partial charge in [0.25, 0.3) is 0 Å². The molecule has 0 saturated carbocycles. The van der Waals surface area contributed by atoms with Gasteiger partial charge in [0, 0.05) is 28.0 Å². The molecule has 2 aromatic carbocycles. The number of hydrogen-bond acceptors (Lipinski definition) is 6. The van der Waals surface area contributed by atoms with Gasteiger partial charge in [-0.1, -0.05) is 39.0 Å². The van der Waals surface area contributed by atoms with Crippen molar-refractivity contribution in [3.63, 3.8) is 0 Å². The van der Waals surface area contributed by atoms with Crippen molar-refractivity contribution in [3.8, 4) is 5.75 Å². The minimum absolute atomic E-state index is 0.244. The zero-order chi connectivity index (χ0) is 23.1. The molecule has 0 fully saturated rings. The van der Waals surface area contributed by atoms with E-state index in [9.17, 15) is 13.8 Å². The quantitative estimate of drug-likeness (QED) is 0.211. The fraction of sp³-hybridized carbons (Fsp3) is 0.440. The molecule has 172 valence electrons. The Kier molecular flexibility index (Phi) is 8.45. The summed E-state index contributed by atoms with van der Waals surface area (Å²) in [5.41, 5.74) is 0.654. The maximum Gasteiger partial charge on any atom is 0.338 e. The van der Waals surface area contributed by atoms with Crippen LogP contribution in [0.1, 0.15) is 62.7 Å². The van der Waals surface area contributed by atoms with Crippen LogP contribution in [0.2, 0.25) is 0 Å². The zero-order valence-electron chi connectivity index (χ0n) is 18.9. The molecule has 0 aliphatic carbocycles. The monoisotopic (exact) mass is 458 g/mol. The molecule has 1 atom stereocenters. The summed E-state index contributed by atoms with van der Waals surface area (Å²) in [6, 6.07) is 7.89. The third-order valence-electron chi connectivity index (χ3n) is 5.31. The second kappa shape index (κ2) is 11.3. The molecule has 3 aromatic rings. The van der Waals surface area contributed by atoms with Crippen LogP contribution in [-0.2, 0) is 15.5 Å². The fourth-order valence-electron chi connectivity index (χ4n) is 3.58. The SMILES string of the molecule is CCCCCCCCOc1cc(S(C)=O)cc2c(=O)c3cc(C(=O)OCC)ccc3oc12. The Bertz CT molecular complexity index is 1180. The third-order valence-corrected chi connectivity index (χ3v) is 6.21. The Morgan fingerprint density at radius 3 is 2.47 bits per heavy atom. The molecule has 32 heavy (non-hydrogen) atoms. The first-order valence-electron chi connectivity index (χ1n) is 11.1. The molecule has 1 aromatic heterocycles. The second-order valence-electron chi connectivity index (χ2n) is 7.73. The van der Waals surface area contributed by atoms with E-state index in [4.69, 9.17) is 13.9 Å². The Labute approximate surface area is 190 Å². The van der Waals surface area contributed by atoms with Gasteiger partial charge in [-0.25, -0.2) is 4.79 Å². The van der Waals surface area contributed by atoms with Gasteiger partial charge in [-0.15, -0.1) is 0 Å². The van der Waals surface area contributed by atoms with Crippen molar-refractivity contribution < 1.29 is 22.9 Å². The number of fused-ring (bicyclic) bond motifs is 2. The van der Waals surface area contributed by atoms with Crippen LogP contribution in [0.5, 0.6) is 5.75 Å². The van der Waals surface area contributed by atoms with Crippen LogP contribution in [0.25, 0.3) is 21.9 Å². The standard InChI is InChI=1S/C25H30O6S/c1-4-6-7-8-9-10-13-30-22-16-18(32(3)28)15-20-23(26)19-14-17(25(27)29-5-2)11-12-21(19)31-24(20)22/h11-12,14-16H,4-10,13H2,1-3H3. The fourth-order valence-corrected chi connectivity index (χ4v) is 4.14. The van der Waals surface area contributed by atoms with Gasteiger partial charge >= 0.3 is 5.97 Å². The van der Waals surface area contributed by atoms with E-state index < -0.39 is 16.8 Å². The predicted octanol–water partition coefficient (Wildman–Crippen LogP) is 5.60. The van der Waals surface area contributed by atoms with Crippen LogP contribution >= 0.6 is 0 Å². The normalized spacial score (nSPS) is 12.2. The molecule has 7 heteroatoms. The zero-order valence-corrected chi connectivity index (χ0v) is 19.7. The molecule has 0 amide bonds. The van der Waals surface area contributed by atoms with Gasteiger partial charge in [0.05, 0.1) is 29.5 Å². The van der Waals surface area contributed by atoms with Crippen molar-refractivity contribution in [1.29, 1.82) is 0 Å². The molecule has 1 unspecified atom stereocenters. The Hall–Kier alpha value is -2.67. The lowest BCUT2D eigenvalue weighted by Gasteiger charge is -2.11. The van der Waals surface area contributed by atoms with Gasteiger partial charge in [-0.2, -0.15) is 0 Å². The maximum absolute atomic E-state index is 13.3. The smallest absolute Gasteiger partial charge is 0.338 e. The van der Waals surface area contributed by atoms with Gasteiger partial charge in [0.2, 0.25) is 5.43 Å². The average Bonchev–Trinajstić information content (AvgIpc) is 2.78. The first kappa shape index (κ1) is 24.0. The van der Waals surface area contributed by atoms with Gasteiger partial charge in [-0.3, -0.25) is 9.00 Å². The molecule has 0 aliphatic heterocycles. The van der Waals surface area contributed by atoms with E-state index in [-0.39, 0.29) is 28.4 Å². The summed E-state index contributed by atoms with van der Waals surface area (Å²) in [6.07, 6.45) is 8.36. The lowest BCUT2D eigenvalue weighted by molar-refractivity contribution is 0.0526. The van der Waals surface area contributed by atoms with Gasteiger partial charge in [0.15, 0.2) is 11.3 Å². The number of carbonyl (C=O) groups excluding carboxylic acids is 1. The van der Waals surface area contributed by atoms with Crippen molar-refractivity contribution in [1.82, 2.24) is 0 Å². The highest BCUT2D eigenvalue weighted by molar-refractivity contribution is 7.84. The Morgan fingerprint density at radius 1 is 1.00 bits per heavy atom. The predicted molar refractivity (Wildman–Crippen MR) is 127 cm³/mol. The highest BCUT2D eigenvalue weighted by Crippen LogP contribution is 2.30. The summed E-state index contributed by atoms with van der Waals surface area (Å²) in [4.78, 5) is 25.8. The van der Waals surface area contributed by atoms with Crippen LogP contribution in [0.3, 0.4) is 0 Å². The van der Waals surface area contributed by atoms with Gasteiger partial charge in [-0.05, 0) is 37.6 Å². The summed E-state index contributed by atoms with van der Waals surface area (Å²) in [7, 11) is -1.30. The topological polar surface area (TPSA) is 82.8 Å². The lowest BCUT2D eigenvalue weighted by atomic mass is 10.1. The molecule has 6 nitrogen and oxygen atoms in total. The molecule has 0 radical (unpaired) electrons. The van der Waals surface area contributed by atoms with Crippen LogP contribution in [0.4, 0.5) is 0 Å². The molecule has 0 bridgehead atoms. The number of hydrogen-bond donors (Lipinski definition) is 0. The first-order chi connectivity index (χ1) is 15.5. The van der Waals surface area contributed by atoms with Crippen molar-refractivity contribution >= 4 is 38.7 Å². The molecular weight excluding hydrogens is 428 g/mol. The van der Waals surface area contributed by atoms with E-state index in [1.165, 1.54) is 31.7 Å². The van der Waals surface area contributed by atoms with Gasteiger partial charge in [0.1, 0.15) is 5.58 Å². The number of rotatable bonds is 11. The van der Waals surface area contributed by atoms with E-state index in [0.29, 0.717) is 28.4 Å². The number of benzene rings is 2. The van der Waals surface area contributed by atoms with E-state index in [1.54, 1.807) is 37.4 Å². The number of esters is 1. The molecule has 0 saturated heterocycles. The Balaban J connectivity index is 1.97.